The third-order valence-electron chi connectivity index (χ3n) is 9.91. The Morgan fingerprint density at radius 1 is 0.657 bits per heavy atom. The first-order chi connectivity index (χ1) is 31.5. The molecule has 0 aliphatic carbocycles. The molecule has 9 atom stereocenters. The predicted octanol–water partition coefficient (Wildman–Crippen LogP) is -0.426. The Hall–Kier alpha value is 0.630. The zero-order chi connectivity index (χ0) is 51.0. The number of anilines is 2. The lowest BCUT2D eigenvalue weighted by atomic mass is 9.94. The van der Waals surface area contributed by atoms with Crippen molar-refractivity contribution >= 4 is 165 Å². The normalized spacial score (nSPS) is 17.6. The first-order valence-corrected chi connectivity index (χ1v) is 27.0. The van der Waals surface area contributed by atoms with Crippen LogP contribution in [-0.2, 0) is 25.6 Å². The van der Waals surface area contributed by atoms with E-state index in [2.05, 4.69) is 93.8 Å². The molecule has 3 amide bonds. The molecule has 21 nitrogen and oxygen atoms in total. The van der Waals surface area contributed by atoms with Crippen LogP contribution >= 0.6 is 136 Å². The Morgan fingerprint density at radius 2 is 1.13 bits per heavy atom. The van der Waals surface area contributed by atoms with Crippen LogP contribution in [0, 0.1) is 21.4 Å². The van der Waals surface area contributed by atoms with Crippen molar-refractivity contribution in [3.63, 3.8) is 0 Å². The molecule has 27 heteroatoms. The fraction of sp³-hybridized carbons (Fsp3) is 0.625. The summed E-state index contributed by atoms with van der Waals surface area (Å²) in [4.78, 5) is 43.8. The number of hydrogen-bond donors (Lipinski definition) is 14. The molecular formula is C40H60I6N6O15. The molecule has 1 aliphatic heterocycles. The number of aliphatic hydroxyl groups excluding tert-OH is 10. The summed E-state index contributed by atoms with van der Waals surface area (Å²) in [6.07, 6.45) is -8.29. The molecule has 0 spiro atoms. The van der Waals surface area contributed by atoms with Gasteiger partial charge in [-0.1, -0.05) is 6.92 Å². The maximum absolute atomic E-state index is 13.8. The molecule has 1 saturated heterocycles. The quantitative estimate of drug-likeness (QED) is 0.0323. The summed E-state index contributed by atoms with van der Waals surface area (Å²) in [6.45, 7) is 1.30. The topological polar surface area (TPSA) is 330 Å². The number of rotatable bonds is 26. The molecule has 0 bridgehead atoms. The van der Waals surface area contributed by atoms with E-state index in [9.17, 15) is 65.4 Å². The molecule has 3 rings (SSSR count). The minimum absolute atomic E-state index is 0.00174. The largest absolute Gasteiger partial charge is 0.394 e. The fourth-order valence-electron chi connectivity index (χ4n) is 6.35. The van der Waals surface area contributed by atoms with Crippen molar-refractivity contribution < 1.29 is 74.9 Å². The number of epoxide rings is 1. The Balaban J connectivity index is 0.00000499. The van der Waals surface area contributed by atoms with Gasteiger partial charge in [0, 0.05) is 90.1 Å². The SMILES string of the molecule is CC(=O)N(CC(O)CN(C(C)=O)c1c(I)c(C(C)C(O)NCC(O)CO)c(I)c(C2OC2NCC(O)CO)c1I)c1c(I)c(CNCC(O)CO)c(I)c(C(=O)NCC(O)CO)c1I.COC. The summed E-state index contributed by atoms with van der Waals surface area (Å²) in [6, 6.07) is 0. The lowest BCUT2D eigenvalue weighted by Gasteiger charge is -2.33. The van der Waals surface area contributed by atoms with Gasteiger partial charge in [0.05, 0.1) is 90.5 Å². The lowest BCUT2D eigenvalue weighted by molar-refractivity contribution is -0.117. The molecule has 9 unspecified atom stereocenters. The molecule has 1 aliphatic rings. The van der Waals surface area contributed by atoms with Crippen LogP contribution in [0.15, 0.2) is 0 Å². The monoisotopic (exact) mass is 1630 g/mol. The van der Waals surface area contributed by atoms with Crippen molar-refractivity contribution in [2.45, 2.75) is 82.3 Å². The molecule has 0 aromatic heterocycles. The number of methoxy groups -OCH3 is 1. The van der Waals surface area contributed by atoms with Crippen molar-refractivity contribution in [2.24, 2.45) is 0 Å². The fourth-order valence-corrected chi connectivity index (χ4v) is 16.3. The number of hydrogen-bond acceptors (Lipinski definition) is 18. The number of nitrogens with one attached hydrogen (secondary N) is 4. The van der Waals surface area contributed by atoms with Crippen LogP contribution in [-0.4, -0.2) is 192 Å². The molecule has 14 N–H and O–H groups in total. The van der Waals surface area contributed by atoms with Crippen LogP contribution in [0.25, 0.3) is 0 Å². The van der Waals surface area contributed by atoms with Crippen molar-refractivity contribution in [1.82, 2.24) is 21.3 Å². The Bertz CT molecular complexity index is 1960. The molecule has 0 radical (unpaired) electrons. The number of aliphatic hydroxyl groups is 10. The van der Waals surface area contributed by atoms with Gasteiger partial charge in [0.25, 0.3) is 5.91 Å². The number of amides is 3. The van der Waals surface area contributed by atoms with Gasteiger partial charge in [0.1, 0.15) is 18.6 Å². The molecule has 2 aromatic rings. The number of nitrogens with zero attached hydrogens (tertiary/aromatic N) is 2. The average molecular weight is 1630 g/mol. The van der Waals surface area contributed by atoms with E-state index < -0.39 is 99.1 Å². The van der Waals surface area contributed by atoms with Crippen LogP contribution in [0.5, 0.6) is 0 Å². The molecule has 1 heterocycles. The van der Waals surface area contributed by atoms with Gasteiger partial charge in [-0.05, 0) is 147 Å². The number of carbonyl (C=O) groups excluding carboxylic acids is 3. The maximum Gasteiger partial charge on any atom is 0.253 e. The van der Waals surface area contributed by atoms with E-state index in [0.29, 0.717) is 43.8 Å². The second-order valence-corrected chi connectivity index (χ2v) is 21.8. The van der Waals surface area contributed by atoms with Gasteiger partial charge in [0.15, 0.2) is 0 Å². The predicted molar refractivity (Wildman–Crippen MR) is 299 cm³/mol. The standard InChI is InChI=1S/C38H54I6N6O14.C2H6O/c1-15(36(62)46-5-19(58)12-52)24-29(41)25(35-38(64-35)48-7-21(60)14-54)31(43)34(30(24)42)50(17(3)56)10-22(61)9-49(16(2)55)33-28(40)23(8-45-4-18(57)11-51)27(39)26(32(33)44)37(63)47-6-20(59)13-53;1-3-2/h15,18-22,35-36,38,45-46,48,51-54,57-62H,4-14H2,1-3H3,(H,47,63);1-2H3. The minimum atomic E-state index is -1.41. The lowest BCUT2D eigenvalue weighted by Crippen LogP contribution is -2.45. The summed E-state index contributed by atoms with van der Waals surface area (Å²) in [7, 11) is 3.25. The number of benzene rings is 2. The van der Waals surface area contributed by atoms with Gasteiger partial charge >= 0.3 is 0 Å². The van der Waals surface area contributed by atoms with Crippen molar-refractivity contribution in [2.75, 3.05) is 89.7 Å². The third-order valence-corrected chi connectivity index (χ3v) is 16.7. The second-order valence-electron chi connectivity index (χ2n) is 15.3. The molecular weight excluding hydrogens is 1570 g/mol. The van der Waals surface area contributed by atoms with Crippen molar-refractivity contribution in [3.8, 4) is 0 Å². The van der Waals surface area contributed by atoms with Crippen LogP contribution < -0.4 is 31.1 Å². The van der Waals surface area contributed by atoms with Crippen LogP contribution in [0.3, 0.4) is 0 Å². The smallest absolute Gasteiger partial charge is 0.253 e. The molecule has 2 aromatic carbocycles. The molecule has 1 fully saturated rings. The van der Waals surface area contributed by atoms with Crippen molar-refractivity contribution in [1.29, 1.82) is 0 Å². The van der Waals surface area contributed by atoms with Gasteiger partial charge in [-0.25, -0.2) is 0 Å². The van der Waals surface area contributed by atoms with E-state index in [4.69, 9.17) is 4.74 Å². The Morgan fingerprint density at radius 3 is 1.64 bits per heavy atom. The van der Waals surface area contributed by atoms with Gasteiger partial charge < -0.3 is 81.0 Å². The maximum atomic E-state index is 13.8. The zero-order valence-corrected chi connectivity index (χ0v) is 50.1. The van der Waals surface area contributed by atoms with E-state index in [1.807, 2.05) is 67.8 Å². The van der Waals surface area contributed by atoms with Gasteiger partial charge in [-0.15, -0.1) is 0 Å². The highest BCUT2D eigenvalue weighted by molar-refractivity contribution is 14.1. The molecule has 382 valence electrons. The number of halogens is 6. The molecule has 0 saturated carbocycles. The summed E-state index contributed by atoms with van der Waals surface area (Å²) < 4.78 is 13.4. The van der Waals surface area contributed by atoms with Gasteiger partial charge in [-0.3, -0.25) is 25.0 Å². The summed E-state index contributed by atoms with van der Waals surface area (Å²) >= 11 is 12.3. The van der Waals surface area contributed by atoms with E-state index in [0.717, 1.165) is 0 Å². The van der Waals surface area contributed by atoms with Crippen LogP contribution in [0.1, 0.15) is 59.8 Å². The average Bonchev–Trinajstić information content (AvgIpc) is 4.05. The number of carbonyl (C=O) groups is 3. The van der Waals surface area contributed by atoms with E-state index in [1.165, 1.54) is 23.6 Å². The first kappa shape index (κ1) is 63.7. The third kappa shape index (κ3) is 18.2. The summed E-state index contributed by atoms with van der Waals surface area (Å²) in [5, 5.41) is 112. The minimum Gasteiger partial charge on any atom is -0.394 e. The second kappa shape index (κ2) is 31.4. The Labute approximate surface area is 471 Å². The molecule has 67 heavy (non-hydrogen) atoms. The van der Waals surface area contributed by atoms with E-state index in [1.54, 1.807) is 21.1 Å². The highest BCUT2D eigenvalue weighted by Crippen LogP contribution is 2.49. The summed E-state index contributed by atoms with van der Waals surface area (Å²) in [5.74, 6) is -2.27. The number of ether oxygens (including phenoxy) is 2. The van der Waals surface area contributed by atoms with E-state index >= 15 is 0 Å². The van der Waals surface area contributed by atoms with Crippen LogP contribution in [0.4, 0.5) is 11.4 Å². The van der Waals surface area contributed by atoms with Crippen molar-refractivity contribution in [3.05, 3.63) is 43.7 Å². The zero-order valence-electron chi connectivity index (χ0n) is 37.1. The van der Waals surface area contributed by atoms with Crippen LogP contribution in [0.2, 0.25) is 0 Å². The highest BCUT2D eigenvalue weighted by Gasteiger charge is 2.45. The highest BCUT2D eigenvalue weighted by atomic mass is 127. The van der Waals surface area contributed by atoms with Gasteiger partial charge in [-0.2, -0.15) is 0 Å². The Kier molecular flexibility index (Phi) is 29.9. The first-order valence-electron chi connectivity index (χ1n) is 20.5. The summed E-state index contributed by atoms with van der Waals surface area (Å²) in [5.41, 5.74) is 2.61. The van der Waals surface area contributed by atoms with E-state index in [-0.39, 0.29) is 57.1 Å². The van der Waals surface area contributed by atoms with Gasteiger partial charge in [0.2, 0.25) is 11.8 Å².